The molecule has 1 aliphatic heterocycles. The Labute approximate surface area is 262 Å². The van der Waals surface area contributed by atoms with Crippen LogP contribution in [0.15, 0.2) is 47.6 Å². The van der Waals surface area contributed by atoms with E-state index in [1.807, 2.05) is 13.8 Å². The Morgan fingerprint density at radius 2 is 1.82 bits per heavy atom. The Bertz CT molecular complexity index is 1830. The van der Waals surface area contributed by atoms with Gasteiger partial charge >= 0.3 is 5.97 Å². The maximum atomic E-state index is 16.0. The van der Waals surface area contributed by atoms with Gasteiger partial charge < -0.3 is 20.1 Å². The number of nitrogens with zero attached hydrogens (tertiary/aromatic N) is 4. The van der Waals surface area contributed by atoms with E-state index in [2.05, 4.69) is 25.2 Å². The topological polar surface area (TPSA) is 135 Å². The molecule has 2 N–H and O–H groups in total. The number of rotatable bonds is 10. The standard InChI is InChI=1S/C33H36FN5O5S/c1-3-27-25(17-36-30(4-2)38-27)19-14-26(34)31-28(15-19)35-18-29(45(42)43)32(31)37-21-12-20(33(40)41)13-24(16-21)44-23-8-10-39(11-9-23)22-6-5-7-22/h12-18,22-23,45H,3-11H2,1-2H3,(H,35,37)(H,40,41). The molecule has 2 aliphatic rings. The second kappa shape index (κ2) is 13.1. The predicted molar refractivity (Wildman–Crippen MR) is 170 cm³/mol. The average Bonchev–Trinajstić information content (AvgIpc) is 3.00. The number of benzene rings is 2. The Morgan fingerprint density at radius 3 is 2.47 bits per heavy atom. The Hall–Kier alpha value is -4.16. The number of thiol groups is 1. The van der Waals surface area contributed by atoms with Crippen LogP contribution in [0.1, 0.15) is 67.8 Å². The Morgan fingerprint density at radius 1 is 1.04 bits per heavy atom. The number of aromatic nitrogens is 3. The van der Waals surface area contributed by atoms with Crippen LogP contribution >= 0.6 is 0 Å². The zero-order valence-electron chi connectivity index (χ0n) is 25.3. The van der Waals surface area contributed by atoms with E-state index in [0.717, 1.165) is 31.6 Å². The molecule has 1 aliphatic carbocycles. The number of carbonyl (C=O) groups is 1. The third kappa shape index (κ3) is 6.48. The summed E-state index contributed by atoms with van der Waals surface area (Å²) in [5.41, 5.74) is 2.35. The highest BCUT2D eigenvalue weighted by atomic mass is 32.2. The van der Waals surface area contributed by atoms with Crippen LogP contribution in [0.25, 0.3) is 22.0 Å². The summed E-state index contributed by atoms with van der Waals surface area (Å²) in [6.45, 7) is 5.78. The van der Waals surface area contributed by atoms with Gasteiger partial charge in [0.1, 0.15) is 28.4 Å². The first-order valence-corrected chi connectivity index (χ1v) is 16.6. The normalized spacial score (nSPS) is 16.2. The van der Waals surface area contributed by atoms with Gasteiger partial charge in [-0.2, -0.15) is 0 Å². The summed E-state index contributed by atoms with van der Waals surface area (Å²) < 4.78 is 46.8. The van der Waals surface area contributed by atoms with E-state index in [4.69, 9.17) is 4.74 Å². The van der Waals surface area contributed by atoms with Gasteiger partial charge in [-0.15, -0.1) is 0 Å². The van der Waals surface area contributed by atoms with E-state index < -0.39 is 22.5 Å². The molecule has 0 unspecified atom stereocenters. The fourth-order valence-electron chi connectivity index (χ4n) is 6.13. The van der Waals surface area contributed by atoms with Crippen LogP contribution < -0.4 is 10.1 Å². The molecule has 236 valence electrons. The van der Waals surface area contributed by atoms with E-state index in [0.29, 0.717) is 41.6 Å². The van der Waals surface area contributed by atoms with Gasteiger partial charge in [-0.05, 0) is 61.9 Å². The molecule has 3 heterocycles. The van der Waals surface area contributed by atoms with Gasteiger partial charge in [0.25, 0.3) is 0 Å². The van der Waals surface area contributed by atoms with E-state index in [-0.39, 0.29) is 38.8 Å². The lowest BCUT2D eigenvalue weighted by Gasteiger charge is -2.41. The largest absolute Gasteiger partial charge is 0.490 e. The summed E-state index contributed by atoms with van der Waals surface area (Å²) in [5.74, 6) is -0.827. The second-order valence-corrected chi connectivity index (χ2v) is 12.6. The number of fused-ring (bicyclic) bond motifs is 1. The van der Waals surface area contributed by atoms with Crippen molar-refractivity contribution in [2.75, 3.05) is 18.4 Å². The fraction of sp³-hybridized carbons (Fsp3) is 0.394. The number of halogens is 1. The Kier molecular flexibility index (Phi) is 8.95. The molecule has 12 heteroatoms. The molecule has 0 atom stereocenters. The smallest absolute Gasteiger partial charge is 0.335 e. The van der Waals surface area contributed by atoms with Crippen molar-refractivity contribution in [3.05, 3.63) is 65.6 Å². The van der Waals surface area contributed by atoms with Crippen LogP contribution in [0.5, 0.6) is 5.75 Å². The molecule has 6 rings (SSSR count). The number of hydrogen-bond donors (Lipinski definition) is 3. The minimum absolute atomic E-state index is 0.0317. The minimum Gasteiger partial charge on any atom is -0.490 e. The van der Waals surface area contributed by atoms with Gasteiger partial charge in [0.15, 0.2) is 10.7 Å². The molecule has 2 aromatic carbocycles. The zero-order chi connectivity index (χ0) is 31.7. The summed E-state index contributed by atoms with van der Waals surface area (Å²) in [6.07, 6.45) is 9.46. The van der Waals surface area contributed by atoms with Gasteiger partial charge in [0.2, 0.25) is 0 Å². The molecule has 4 aromatic rings. The number of piperidine rings is 1. The summed E-state index contributed by atoms with van der Waals surface area (Å²) in [7, 11) is -3.18. The monoisotopic (exact) mass is 633 g/mol. The first-order chi connectivity index (χ1) is 21.7. The van der Waals surface area contributed by atoms with E-state index in [1.165, 1.54) is 43.7 Å². The van der Waals surface area contributed by atoms with Crippen LogP contribution in [0.2, 0.25) is 0 Å². The number of nitrogens with one attached hydrogen (secondary N) is 1. The number of likely N-dealkylation sites (tertiary alicyclic amines) is 1. The fourth-order valence-corrected chi connectivity index (χ4v) is 6.64. The third-order valence-electron chi connectivity index (χ3n) is 8.77. The first kappa shape index (κ1) is 30.8. The molecule has 0 amide bonds. The molecule has 45 heavy (non-hydrogen) atoms. The highest BCUT2D eigenvalue weighted by Crippen LogP contribution is 2.37. The summed E-state index contributed by atoms with van der Waals surface area (Å²) in [4.78, 5) is 27.6. The van der Waals surface area contributed by atoms with Gasteiger partial charge in [0.05, 0.1) is 27.8 Å². The molecule has 1 saturated carbocycles. The molecule has 10 nitrogen and oxygen atoms in total. The zero-order valence-corrected chi connectivity index (χ0v) is 26.1. The molecule has 2 aromatic heterocycles. The maximum Gasteiger partial charge on any atom is 0.335 e. The molecule has 1 saturated heterocycles. The summed E-state index contributed by atoms with van der Waals surface area (Å²) in [6, 6.07) is 8.09. The summed E-state index contributed by atoms with van der Waals surface area (Å²) >= 11 is 0. The van der Waals surface area contributed by atoms with Gasteiger partial charge in [0, 0.05) is 55.3 Å². The molecule has 0 bridgehead atoms. The van der Waals surface area contributed by atoms with Crippen LogP contribution in [0, 0.1) is 5.82 Å². The Balaban J connectivity index is 1.35. The molecular weight excluding hydrogens is 597 g/mol. The summed E-state index contributed by atoms with van der Waals surface area (Å²) in [5, 5.41) is 12.8. The van der Waals surface area contributed by atoms with Gasteiger partial charge in [-0.25, -0.2) is 27.6 Å². The minimum atomic E-state index is -3.18. The lowest BCUT2D eigenvalue weighted by molar-refractivity contribution is 0.0491. The SMILES string of the molecule is CCc1ncc(-c2cc(F)c3c(Nc4cc(OC5CCN(C6CCC6)CC5)cc(C(=O)O)c4)c([SH](=O)=O)cnc3c2)c(CC)n1. The van der Waals surface area contributed by atoms with Crippen LogP contribution in [-0.4, -0.2) is 64.6 Å². The van der Waals surface area contributed by atoms with Crippen molar-refractivity contribution < 1.29 is 27.4 Å². The van der Waals surface area contributed by atoms with E-state index in [9.17, 15) is 18.3 Å². The maximum absolute atomic E-state index is 16.0. The van der Waals surface area contributed by atoms with Crippen molar-refractivity contribution in [1.29, 1.82) is 0 Å². The van der Waals surface area contributed by atoms with Crippen LogP contribution in [-0.2, 0) is 23.5 Å². The number of pyridine rings is 1. The van der Waals surface area contributed by atoms with Crippen molar-refractivity contribution in [2.24, 2.45) is 0 Å². The van der Waals surface area contributed by atoms with Crippen molar-refractivity contribution in [2.45, 2.75) is 75.8 Å². The number of ether oxygens (including phenoxy) is 1. The van der Waals surface area contributed by atoms with Crippen molar-refractivity contribution in [3.63, 3.8) is 0 Å². The quantitative estimate of drug-likeness (QED) is 0.185. The molecule has 0 radical (unpaired) electrons. The lowest BCUT2D eigenvalue weighted by atomic mass is 9.90. The highest BCUT2D eigenvalue weighted by molar-refractivity contribution is 7.72. The molecule has 2 fully saturated rings. The number of anilines is 2. The number of carboxylic acids is 1. The lowest BCUT2D eigenvalue weighted by Crippen LogP contribution is -2.46. The van der Waals surface area contributed by atoms with Crippen molar-refractivity contribution >= 4 is 39.0 Å². The molecule has 0 spiro atoms. The third-order valence-corrected chi connectivity index (χ3v) is 9.50. The van der Waals surface area contributed by atoms with Gasteiger partial charge in [-0.3, -0.25) is 4.98 Å². The highest BCUT2D eigenvalue weighted by Gasteiger charge is 2.29. The predicted octanol–water partition coefficient (Wildman–Crippen LogP) is 5.76. The number of aromatic carboxylic acids is 1. The number of hydrogen-bond acceptors (Lipinski definition) is 9. The first-order valence-electron chi connectivity index (χ1n) is 15.4. The average molecular weight is 634 g/mol. The molecular formula is C33H36FN5O5S. The van der Waals surface area contributed by atoms with Crippen molar-refractivity contribution in [1.82, 2.24) is 19.9 Å². The van der Waals surface area contributed by atoms with Gasteiger partial charge in [-0.1, -0.05) is 20.3 Å². The van der Waals surface area contributed by atoms with Crippen LogP contribution in [0.4, 0.5) is 15.8 Å². The second-order valence-electron chi connectivity index (χ2n) is 11.6. The number of aryl methyl sites for hydroxylation is 2. The van der Waals surface area contributed by atoms with E-state index >= 15 is 4.39 Å². The number of carboxylic acid groups (broad SMARTS) is 1. The van der Waals surface area contributed by atoms with Crippen molar-refractivity contribution in [3.8, 4) is 16.9 Å². The van der Waals surface area contributed by atoms with Crippen LogP contribution in [0.3, 0.4) is 0 Å². The van der Waals surface area contributed by atoms with E-state index in [1.54, 1.807) is 18.3 Å².